The molecule has 2 nitrogen and oxygen atoms in total. The highest BCUT2D eigenvalue weighted by molar-refractivity contribution is 5.05. The predicted octanol–water partition coefficient (Wildman–Crippen LogP) is 2.09. The van der Waals surface area contributed by atoms with Crippen molar-refractivity contribution in [2.24, 2.45) is 23.0 Å². The number of nitrogens with two attached hydrogens (primary N) is 1. The molecule has 2 N–H and O–H groups in total. The van der Waals surface area contributed by atoms with Crippen molar-refractivity contribution in [1.29, 1.82) is 0 Å². The number of nitrogens with zero attached hydrogens (tertiary/aromatic N) is 1. The lowest BCUT2D eigenvalue weighted by Gasteiger charge is -2.54. The Morgan fingerprint density at radius 2 is 1.60 bits per heavy atom. The van der Waals surface area contributed by atoms with Gasteiger partial charge in [0.2, 0.25) is 0 Å². The molecular formula is C13H26N2. The monoisotopic (exact) mass is 210 g/mol. The molecule has 1 unspecified atom stereocenters. The first-order valence-corrected chi connectivity index (χ1v) is 6.33. The van der Waals surface area contributed by atoms with Crippen LogP contribution in [0.15, 0.2) is 0 Å². The molecule has 2 heteroatoms. The number of hydrogen-bond donors (Lipinski definition) is 1. The molecule has 1 aliphatic carbocycles. The second kappa shape index (κ2) is 3.46. The summed E-state index contributed by atoms with van der Waals surface area (Å²) in [4.78, 5) is 2.63. The molecule has 0 spiro atoms. The van der Waals surface area contributed by atoms with Crippen molar-refractivity contribution in [2.75, 3.05) is 19.6 Å². The van der Waals surface area contributed by atoms with Gasteiger partial charge in [0, 0.05) is 25.2 Å². The highest BCUT2D eigenvalue weighted by Gasteiger charge is 2.50. The summed E-state index contributed by atoms with van der Waals surface area (Å²) >= 11 is 0. The van der Waals surface area contributed by atoms with Crippen molar-refractivity contribution in [3.05, 3.63) is 0 Å². The zero-order chi connectivity index (χ0) is 11.3. The van der Waals surface area contributed by atoms with Crippen LogP contribution in [0.1, 0.15) is 40.5 Å². The van der Waals surface area contributed by atoms with Gasteiger partial charge in [-0.25, -0.2) is 0 Å². The molecule has 2 aliphatic rings. The minimum absolute atomic E-state index is 0.307. The van der Waals surface area contributed by atoms with E-state index >= 15 is 0 Å². The third kappa shape index (κ3) is 1.94. The van der Waals surface area contributed by atoms with Crippen LogP contribution in [0.5, 0.6) is 0 Å². The molecule has 88 valence electrons. The normalized spacial score (nSPS) is 28.6. The molecule has 0 aromatic carbocycles. The quantitative estimate of drug-likeness (QED) is 0.773. The van der Waals surface area contributed by atoms with Gasteiger partial charge in [0.25, 0.3) is 0 Å². The molecule has 0 aromatic heterocycles. The van der Waals surface area contributed by atoms with Crippen LogP contribution in [0.4, 0.5) is 0 Å². The molecule has 0 aromatic rings. The Kier molecular flexibility index (Phi) is 2.63. The summed E-state index contributed by atoms with van der Waals surface area (Å²) in [5.74, 6) is 1.74. The predicted molar refractivity (Wildman–Crippen MR) is 64.7 cm³/mol. The molecule has 15 heavy (non-hydrogen) atoms. The third-order valence-electron chi connectivity index (χ3n) is 4.70. The first-order chi connectivity index (χ1) is 6.88. The zero-order valence-corrected chi connectivity index (χ0v) is 10.7. The van der Waals surface area contributed by atoms with Gasteiger partial charge in [0.1, 0.15) is 0 Å². The minimum atomic E-state index is 0.307. The van der Waals surface area contributed by atoms with Gasteiger partial charge in [0.15, 0.2) is 0 Å². The maximum atomic E-state index is 5.97. The van der Waals surface area contributed by atoms with E-state index in [-0.39, 0.29) is 0 Å². The summed E-state index contributed by atoms with van der Waals surface area (Å²) in [6.45, 7) is 12.8. The van der Waals surface area contributed by atoms with Crippen molar-refractivity contribution in [1.82, 2.24) is 4.90 Å². The Morgan fingerprint density at radius 1 is 1.07 bits per heavy atom. The zero-order valence-electron chi connectivity index (χ0n) is 10.7. The smallest absolute Gasteiger partial charge is 0.0331 e. The Bertz CT molecular complexity index is 233. The van der Waals surface area contributed by atoms with Crippen molar-refractivity contribution < 1.29 is 0 Å². The van der Waals surface area contributed by atoms with Crippen LogP contribution in [0, 0.1) is 17.3 Å². The molecule has 0 amide bonds. The fraction of sp³-hybridized carbons (Fsp3) is 1.00. The molecule has 0 bridgehead atoms. The average molecular weight is 210 g/mol. The van der Waals surface area contributed by atoms with Crippen LogP contribution in [0.3, 0.4) is 0 Å². The molecule has 1 saturated carbocycles. The summed E-state index contributed by atoms with van der Waals surface area (Å²) in [7, 11) is 0. The van der Waals surface area contributed by atoms with Gasteiger partial charge in [-0.3, -0.25) is 4.90 Å². The van der Waals surface area contributed by atoms with Crippen LogP contribution in [0.25, 0.3) is 0 Å². The summed E-state index contributed by atoms with van der Waals surface area (Å²) in [6.07, 6.45) is 2.79. The molecule has 1 atom stereocenters. The van der Waals surface area contributed by atoms with E-state index in [1.54, 1.807) is 0 Å². The van der Waals surface area contributed by atoms with Gasteiger partial charge in [-0.15, -0.1) is 0 Å². The highest BCUT2D eigenvalue weighted by Crippen LogP contribution is 2.47. The van der Waals surface area contributed by atoms with Crippen LogP contribution in [-0.2, 0) is 0 Å². The number of hydrogen-bond acceptors (Lipinski definition) is 2. The molecular weight excluding hydrogens is 184 g/mol. The van der Waals surface area contributed by atoms with E-state index in [4.69, 9.17) is 5.73 Å². The second-order valence-corrected chi connectivity index (χ2v) is 6.80. The largest absolute Gasteiger partial charge is 0.329 e. The summed E-state index contributed by atoms with van der Waals surface area (Å²) < 4.78 is 0. The topological polar surface area (TPSA) is 29.3 Å². The summed E-state index contributed by atoms with van der Waals surface area (Å²) in [5.41, 5.74) is 6.75. The van der Waals surface area contributed by atoms with Crippen LogP contribution in [0.2, 0.25) is 0 Å². The standard InChI is InChI=1S/C13H26N2/c1-12(2,3)11-7-15(8-11)13(4,9-14)10-5-6-10/h10-11H,5-9,14H2,1-4H3. The van der Waals surface area contributed by atoms with E-state index in [1.165, 1.54) is 25.9 Å². The van der Waals surface area contributed by atoms with Gasteiger partial charge in [-0.05, 0) is 37.0 Å². The molecule has 1 saturated heterocycles. The molecule has 1 aliphatic heterocycles. The SMILES string of the molecule is CC(C)(C)C1CN(C(C)(CN)C2CC2)C1. The maximum absolute atomic E-state index is 5.97. The Hall–Kier alpha value is -0.0800. The van der Waals surface area contributed by atoms with Crippen LogP contribution in [-0.4, -0.2) is 30.1 Å². The molecule has 2 fully saturated rings. The van der Waals surface area contributed by atoms with Gasteiger partial charge in [-0.1, -0.05) is 20.8 Å². The molecule has 2 rings (SSSR count). The van der Waals surface area contributed by atoms with E-state index in [2.05, 4.69) is 32.6 Å². The highest BCUT2D eigenvalue weighted by atomic mass is 15.3. The lowest BCUT2D eigenvalue weighted by molar-refractivity contribution is -0.0550. The first kappa shape index (κ1) is 11.4. The van der Waals surface area contributed by atoms with Gasteiger partial charge in [0.05, 0.1) is 0 Å². The van der Waals surface area contributed by atoms with Crippen molar-refractivity contribution >= 4 is 0 Å². The Balaban J connectivity index is 1.92. The Morgan fingerprint density at radius 3 is 1.93 bits per heavy atom. The van der Waals surface area contributed by atoms with Gasteiger partial charge >= 0.3 is 0 Å². The number of likely N-dealkylation sites (tertiary alicyclic amines) is 1. The Labute approximate surface area is 94.2 Å². The van der Waals surface area contributed by atoms with E-state index in [9.17, 15) is 0 Å². The van der Waals surface area contributed by atoms with E-state index in [1.807, 2.05) is 0 Å². The molecule has 0 radical (unpaired) electrons. The third-order valence-corrected chi connectivity index (χ3v) is 4.70. The lowest BCUT2D eigenvalue weighted by Crippen LogP contribution is -2.64. The van der Waals surface area contributed by atoms with Crippen molar-refractivity contribution in [3.8, 4) is 0 Å². The van der Waals surface area contributed by atoms with Gasteiger partial charge < -0.3 is 5.73 Å². The average Bonchev–Trinajstić information content (AvgIpc) is 2.79. The first-order valence-electron chi connectivity index (χ1n) is 6.33. The van der Waals surface area contributed by atoms with Crippen molar-refractivity contribution in [3.63, 3.8) is 0 Å². The summed E-state index contributed by atoms with van der Waals surface area (Å²) in [6, 6.07) is 0. The van der Waals surface area contributed by atoms with E-state index < -0.39 is 0 Å². The fourth-order valence-electron chi connectivity index (χ4n) is 2.70. The number of rotatable bonds is 3. The lowest BCUT2D eigenvalue weighted by atomic mass is 9.73. The minimum Gasteiger partial charge on any atom is -0.329 e. The fourth-order valence-corrected chi connectivity index (χ4v) is 2.70. The van der Waals surface area contributed by atoms with Crippen LogP contribution >= 0.6 is 0 Å². The second-order valence-electron chi connectivity index (χ2n) is 6.80. The maximum Gasteiger partial charge on any atom is 0.0331 e. The van der Waals surface area contributed by atoms with Crippen LogP contribution < -0.4 is 5.73 Å². The van der Waals surface area contributed by atoms with E-state index in [0.29, 0.717) is 11.0 Å². The molecule has 1 heterocycles. The van der Waals surface area contributed by atoms with Crippen molar-refractivity contribution in [2.45, 2.75) is 46.1 Å². The van der Waals surface area contributed by atoms with Gasteiger partial charge in [-0.2, -0.15) is 0 Å². The summed E-state index contributed by atoms with van der Waals surface area (Å²) in [5, 5.41) is 0. The van der Waals surface area contributed by atoms with E-state index in [0.717, 1.165) is 18.4 Å².